The summed E-state index contributed by atoms with van der Waals surface area (Å²) in [7, 11) is 0. The Morgan fingerprint density at radius 3 is 2.68 bits per heavy atom. The SMILES string of the molecule is CC(C)C1C(=O)NCCN1C(=O)Nc1cc(F)c(F)cc1Cl. The molecule has 1 heterocycles. The number of rotatable bonds is 2. The van der Waals surface area contributed by atoms with Crippen LogP contribution in [0.1, 0.15) is 13.8 Å². The lowest BCUT2D eigenvalue weighted by Gasteiger charge is -2.37. The molecule has 22 heavy (non-hydrogen) atoms. The van der Waals surface area contributed by atoms with E-state index in [9.17, 15) is 18.4 Å². The van der Waals surface area contributed by atoms with E-state index in [1.807, 2.05) is 13.8 Å². The molecule has 1 atom stereocenters. The van der Waals surface area contributed by atoms with Crippen LogP contribution in [0.15, 0.2) is 12.1 Å². The fourth-order valence-corrected chi connectivity index (χ4v) is 2.58. The topological polar surface area (TPSA) is 61.4 Å². The van der Waals surface area contributed by atoms with E-state index in [2.05, 4.69) is 10.6 Å². The quantitative estimate of drug-likeness (QED) is 0.818. The van der Waals surface area contributed by atoms with Crippen molar-refractivity contribution in [3.8, 4) is 0 Å². The number of carbonyl (C=O) groups excluding carboxylic acids is 2. The summed E-state index contributed by atoms with van der Waals surface area (Å²) in [5, 5.41) is 5.00. The zero-order chi connectivity index (χ0) is 16.4. The number of halogens is 3. The molecule has 1 aliphatic rings. The molecule has 0 radical (unpaired) electrons. The van der Waals surface area contributed by atoms with Crippen LogP contribution in [0.3, 0.4) is 0 Å². The average molecular weight is 332 g/mol. The number of carbonyl (C=O) groups is 2. The Kier molecular flexibility index (Phi) is 4.85. The van der Waals surface area contributed by atoms with Crippen LogP contribution in [-0.4, -0.2) is 36.0 Å². The highest BCUT2D eigenvalue weighted by atomic mass is 35.5. The summed E-state index contributed by atoms with van der Waals surface area (Å²) in [4.78, 5) is 25.6. The van der Waals surface area contributed by atoms with E-state index in [-0.39, 0.29) is 22.5 Å². The third-order valence-corrected chi connectivity index (χ3v) is 3.71. The molecule has 0 bridgehead atoms. The van der Waals surface area contributed by atoms with Crippen molar-refractivity contribution >= 4 is 29.2 Å². The minimum absolute atomic E-state index is 0.0425. The largest absolute Gasteiger partial charge is 0.353 e. The molecule has 1 unspecified atom stereocenters. The lowest BCUT2D eigenvalue weighted by atomic mass is 10.00. The summed E-state index contributed by atoms with van der Waals surface area (Å²) >= 11 is 5.79. The fourth-order valence-electron chi connectivity index (χ4n) is 2.38. The first-order chi connectivity index (χ1) is 10.3. The van der Waals surface area contributed by atoms with Crippen molar-refractivity contribution in [1.29, 1.82) is 0 Å². The number of hydrogen-bond acceptors (Lipinski definition) is 2. The van der Waals surface area contributed by atoms with Crippen molar-refractivity contribution < 1.29 is 18.4 Å². The highest BCUT2D eigenvalue weighted by Gasteiger charge is 2.35. The van der Waals surface area contributed by atoms with Crippen molar-refractivity contribution in [1.82, 2.24) is 10.2 Å². The number of benzene rings is 1. The molecule has 1 fully saturated rings. The van der Waals surface area contributed by atoms with Crippen molar-refractivity contribution in [3.63, 3.8) is 0 Å². The third-order valence-electron chi connectivity index (χ3n) is 3.40. The van der Waals surface area contributed by atoms with Crippen LogP contribution in [0.25, 0.3) is 0 Å². The Balaban J connectivity index is 2.21. The van der Waals surface area contributed by atoms with Crippen LogP contribution in [0.5, 0.6) is 0 Å². The first kappa shape index (κ1) is 16.5. The van der Waals surface area contributed by atoms with Gasteiger partial charge < -0.3 is 15.5 Å². The van der Waals surface area contributed by atoms with E-state index in [0.717, 1.165) is 12.1 Å². The standard InChI is InChI=1S/C14H16ClF2N3O2/c1-7(2)12-13(21)18-3-4-20(12)14(22)19-11-6-10(17)9(16)5-8(11)15/h5-7,12H,3-4H2,1-2H3,(H,18,21)(H,19,22). The maximum Gasteiger partial charge on any atom is 0.322 e. The molecule has 0 aromatic heterocycles. The van der Waals surface area contributed by atoms with Gasteiger partial charge in [0.05, 0.1) is 10.7 Å². The molecule has 3 amide bonds. The smallest absolute Gasteiger partial charge is 0.322 e. The van der Waals surface area contributed by atoms with E-state index in [0.29, 0.717) is 13.1 Å². The molecule has 0 spiro atoms. The minimum atomic E-state index is -1.11. The van der Waals surface area contributed by atoms with Crippen molar-refractivity contribution in [3.05, 3.63) is 28.8 Å². The van der Waals surface area contributed by atoms with Gasteiger partial charge in [-0.05, 0) is 12.0 Å². The predicted octanol–water partition coefficient (Wildman–Crippen LogP) is 2.61. The van der Waals surface area contributed by atoms with Crippen LogP contribution >= 0.6 is 11.6 Å². The summed E-state index contributed by atoms with van der Waals surface area (Å²) in [6, 6.07) is 0.388. The zero-order valence-electron chi connectivity index (χ0n) is 12.1. The van der Waals surface area contributed by atoms with Gasteiger partial charge in [0.2, 0.25) is 5.91 Å². The normalized spacial score (nSPS) is 18.4. The number of anilines is 1. The maximum atomic E-state index is 13.3. The Morgan fingerprint density at radius 2 is 2.05 bits per heavy atom. The summed E-state index contributed by atoms with van der Waals surface area (Å²) in [6.07, 6.45) is 0. The molecule has 1 aromatic rings. The number of amides is 3. The molecule has 1 aromatic carbocycles. The molecule has 120 valence electrons. The lowest BCUT2D eigenvalue weighted by Crippen LogP contribution is -2.60. The van der Waals surface area contributed by atoms with Gasteiger partial charge in [-0.3, -0.25) is 4.79 Å². The molecule has 8 heteroatoms. The Morgan fingerprint density at radius 1 is 1.41 bits per heavy atom. The van der Waals surface area contributed by atoms with Crippen molar-refractivity contribution in [2.75, 3.05) is 18.4 Å². The molecule has 5 nitrogen and oxygen atoms in total. The number of piperazine rings is 1. The summed E-state index contributed by atoms with van der Waals surface area (Å²) in [5.74, 6) is -2.55. The molecule has 0 aliphatic carbocycles. The first-order valence-corrected chi connectivity index (χ1v) is 7.19. The van der Waals surface area contributed by atoms with Crippen LogP contribution in [-0.2, 0) is 4.79 Å². The monoisotopic (exact) mass is 331 g/mol. The second-order valence-corrected chi connectivity index (χ2v) is 5.76. The van der Waals surface area contributed by atoms with E-state index in [1.54, 1.807) is 0 Å². The van der Waals surface area contributed by atoms with E-state index in [4.69, 9.17) is 11.6 Å². The molecular formula is C14H16ClF2N3O2. The van der Waals surface area contributed by atoms with Gasteiger partial charge in [0, 0.05) is 19.2 Å². The number of urea groups is 1. The highest BCUT2D eigenvalue weighted by Crippen LogP contribution is 2.26. The zero-order valence-corrected chi connectivity index (χ0v) is 12.9. The van der Waals surface area contributed by atoms with Gasteiger partial charge in [-0.1, -0.05) is 25.4 Å². The summed E-state index contributed by atoms with van der Waals surface area (Å²) in [6.45, 7) is 4.30. The van der Waals surface area contributed by atoms with E-state index in [1.165, 1.54) is 4.90 Å². The molecule has 1 saturated heterocycles. The predicted molar refractivity (Wildman–Crippen MR) is 78.7 cm³/mol. The highest BCUT2D eigenvalue weighted by molar-refractivity contribution is 6.33. The van der Waals surface area contributed by atoms with Gasteiger partial charge >= 0.3 is 6.03 Å². The van der Waals surface area contributed by atoms with Crippen LogP contribution in [0, 0.1) is 17.6 Å². The van der Waals surface area contributed by atoms with Gasteiger partial charge in [0.1, 0.15) is 6.04 Å². The minimum Gasteiger partial charge on any atom is -0.353 e. The van der Waals surface area contributed by atoms with Crippen LogP contribution in [0.2, 0.25) is 5.02 Å². The van der Waals surface area contributed by atoms with Gasteiger partial charge in [-0.15, -0.1) is 0 Å². The Labute approximate surface area is 131 Å². The summed E-state index contributed by atoms with van der Waals surface area (Å²) < 4.78 is 26.3. The summed E-state index contributed by atoms with van der Waals surface area (Å²) in [5.41, 5.74) is -0.0425. The van der Waals surface area contributed by atoms with Crippen LogP contribution < -0.4 is 10.6 Å². The number of nitrogens with one attached hydrogen (secondary N) is 2. The molecule has 2 rings (SSSR count). The first-order valence-electron chi connectivity index (χ1n) is 6.81. The number of hydrogen-bond donors (Lipinski definition) is 2. The third kappa shape index (κ3) is 3.30. The average Bonchev–Trinajstić information content (AvgIpc) is 2.43. The molecular weight excluding hydrogens is 316 g/mol. The molecule has 1 aliphatic heterocycles. The second kappa shape index (κ2) is 6.48. The second-order valence-electron chi connectivity index (χ2n) is 5.35. The van der Waals surface area contributed by atoms with Crippen LogP contribution in [0.4, 0.5) is 19.3 Å². The molecule has 0 saturated carbocycles. The van der Waals surface area contributed by atoms with Gasteiger partial charge in [0.15, 0.2) is 11.6 Å². The van der Waals surface area contributed by atoms with E-state index >= 15 is 0 Å². The molecule has 2 N–H and O–H groups in total. The van der Waals surface area contributed by atoms with Crippen molar-refractivity contribution in [2.45, 2.75) is 19.9 Å². The van der Waals surface area contributed by atoms with E-state index < -0.39 is 23.7 Å². The van der Waals surface area contributed by atoms with Gasteiger partial charge in [0.25, 0.3) is 0 Å². The lowest BCUT2D eigenvalue weighted by molar-refractivity contribution is -0.129. The fraction of sp³-hybridized carbons (Fsp3) is 0.429. The van der Waals surface area contributed by atoms with Gasteiger partial charge in [-0.25, -0.2) is 13.6 Å². The Hall–Kier alpha value is -1.89. The Bertz CT molecular complexity index is 610. The maximum absolute atomic E-state index is 13.3. The van der Waals surface area contributed by atoms with Crippen molar-refractivity contribution in [2.24, 2.45) is 5.92 Å². The number of nitrogens with zero attached hydrogens (tertiary/aromatic N) is 1. The van der Waals surface area contributed by atoms with Gasteiger partial charge in [-0.2, -0.15) is 0 Å².